The van der Waals surface area contributed by atoms with Gasteiger partial charge in [0.05, 0.1) is 24.6 Å². The first kappa shape index (κ1) is 18.5. The number of hydrogen-bond donors (Lipinski definition) is 1. The molecule has 1 aromatic carbocycles. The maximum absolute atomic E-state index is 12.6. The minimum absolute atomic E-state index is 0.151. The summed E-state index contributed by atoms with van der Waals surface area (Å²) in [7, 11) is 0. The van der Waals surface area contributed by atoms with Gasteiger partial charge in [-0.1, -0.05) is 30.3 Å². The Kier molecular flexibility index (Phi) is 4.90. The summed E-state index contributed by atoms with van der Waals surface area (Å²) in [6.07, 6.45) is 3.30. The molecule has 0 atom stereocenters. The number of anilines is 1. The van der Waals surface area contributed by atoms with Gasteiger partial charge in [-0.3, -0.25) is 9.59 Å². The largest absolute Gasteiger partial charge is 0.319 e. The van der Waals surface area contributed by atoms with Crippen LogP contribution in [0.3, 0.4) is 0 Å². The fourth-order valence-corrected chi connectivity index (χ4v) is 3.02. The molecule has 0 fully saturated rings. The standard InChI is InChI=1S/C21H20N6O2/c1-14(2)27-20-16(11-23-27)10-17(12-22-20)24-21(29)18-8-9-19(28)26(25-18)13-15-6-4-3-5-7-15/h3-12,14H,13H2,1-2H3,(H,24,29). The summed E-state index contributed by atoms with van der Waals surface area (Å²) in [5.74, 6) is -0.413. The smallest absolute Gasteiger partial charge is 0.276 e. The van der Waals surface area contributed by atoms with Gasteiger partial charge in [-0.25, -0.2) is 14.3 Å². The Balaban J connectivity index is 1.56. The van der Waals surface area contributed by atoms with Crippen LogP contribution < -0.4 is 10.9 Å². The van der Waals surface area contributed by atoms with Crippen LogP contribution in [0.2, 0.25) is 0 Å². The van der Waals surface area contributed by atoms with Gasteiger partial charge in [-0.15, -0.1) is 0 Å². The van der Waals surface area contributed by atoms with Crippen LogP contribution in [0, 0.1) is 0 Å². The Bertz CT molecular complexity index is 1230. The van der Waals surface area contributed by atoms with E-state index in [2.05, 4.69) is 20.5 Å². The molecule has 0 saturated heterocycles. The van der Waals surface area contributed by atoms with E-state index in [1.165, 1.54) is 16.8 Å². The van der Waals surface area contributed by atoms with Gasteiger partial charge in [-0.05, 0) is 31.5 Å². The van der Waals surface area contributed by atoms with Crippen LogP contribution >= 0.6 is 0 Å². The summed E-state index contributed by atoms with van der Waals surface area (Å²) in [6.45, 7) is 4.35. The number of nitrogens with one attached hydrogen (secondary N) is 1. The van der Waals surface area contributed by atoms with E-state index >= 15 is 0 Å². The van der Waals surface area contributed by atoms with Crippen molar-refractivity contribution in [2.45, 2.75) is 26.4 Å². The molecule has 8 heteroatoms. The molecule has 1 amide bonds. The maximum atomic E-state index is 12.6. The molecule has 4 rings (SSSR count). The summed E-state index contributed by atoms with van der Waals surface area (Å²) < 4.78 is 3.10. The maximum Gasteiger partial charge on any atom is 0.276 e. The van der Waals surface area contributed by atoms with Gasteiger partial charge in [0.1, 0.15) is 5.69 Å². The van der Waals surface area contributed by atoms with Crippen molar-refractivity contribution in [3.63, 3.8) is 0 Å². The number of aromatic nitrogens is 5. The molecule has 0 aliphatic carbocycles. The van der Waals surface area contributed by atoms with E-state index in [-0.39, 0.29) is 17.3 Å². The first-order valence-corrected chi connectivity index (χ1v) is 9.28. The van der Waals surface area contributed by atoms with Crippen LogP contribution in [0.1, 0.15) is 35.9 Å². The highest BCUT2D eigenvalue weighted by Gasteiger charge is 2.13. The molecule has 0 saturated carbocycles. The fourth-order valence-electron chi connectivity index (χ4n) is 3.02. The number of rotatable bonds is 5. The first-order chi connectivity index (χ1) is 14.0. The van der Waals surface area contributed by atoms with Crippen molar-refractivity contribution in [1.29, 1.82) is 0 Å². The van der Waals surface area contributed by atoms with Crippen LogP contribution in [-0.4, -0.2) is 30.5 Å². The van der Waals surface area contributed by atoms with Crippen molar-refractivity contribution in [3.05, 3.63) is 82.5 Å². The molecule has 3 heterocycles. The molecule has 146 valence electrons. The lowest BCUT2D eigenvalue weighted by Gasteiger charge is -2.09. The van der Waals surface area contributed by atoms with Gasteiger partial charge in [0.2, 0.25) is 0 Å². The van der Waals surface area contributed by atoms with Crippen molar-refractivity contribution in [3.8, 4) is 0 Å². The number of fused-ring (bicyclic) bond motifs is 1. The molecule has 0 unspecified atom stereocenters. The summed E-state index contributed by atoms with van der Waals surface area (Å²) in [4.78, 5) is 29.2. The fraction of sp³-hybridized carbons (Fsp3) is 0.190. The van der Waals surface area contributed by atoms with E-state index < -0.39 is 5.91 Å². The zero-order chi connectivity index (χ0) is 20.4. The van der Waals surface area contributed by atoms with Crippen molar-refractivity contribution >= 4 is 22.6 Å². The van der Waals surface area contributed by atoms with Gasteiger partial charge in [0.25, 0.3) is 11.5 Å². The molecular weight excluding hydrogens is 368 g/mol. The van der Waals surface area contributed by atoms with Crippen molar-refractivity contribution in [2.75, 3.05) is 5.32 Å². The number of nitrogens with zero attached hydrogens (tertiary/aromatic N) is 5. The third-order valence-electron chi connectivity index (χ3n) is 4.45. The number of carbonyl (C=O) groups is 1. The second kappa shape index (κ2) is 7.67. The average molecular weight is 388 g/mol. The zero-order valence-electron chi connectivity index (χ0n) is 16.1. The number of hydrogen-bond acceptors (Lipinski definition) is 5. The number of amides is 1. The summed E-state index contributed by atoms with van der Waals surface area (Å²) in [5, 5.41) is 12.1. The number of benzene rings is 1. The molecule has 4 aromatic rings. The molecule has 0 radical (unpaired) electrons. The number of carbonyl (C=O) groups excluding carboxylic acids is 1. The Morgan fingerprint density at radius 2 is 1.90 bits per heavy atom. The topological polar surface area (TPSA) is 94.7 Å². The van der Waals surface area contributed by atoms with Crippen LogP contribution in [0.4, 0.5) is 5.69 Å². The van der Waals surface area contributed by atoms with Crippen LogP contribution in [0.25, 0.3) is 11.0 Å². The van der Waals surface area contributed by atoms with E-state index in [1.54, 1.807) is 12.4 Å². The molecular formula is C21H20N6O2. The quantitative estimate of drug-likeness (QED) is 0.567. The SMILES string of the molecule is CC(C)n1ncc2cc(NC(=O)c3ccc(=O)n(Cc4ccccc4)n3)cnc21. The highest BCUT2D eigenvalue weighted by Crippen LogP contribution is 2.19. The highest BCUT2D eigenvalue weighted by molar-refractivity contribution is 6.03. The lowest BCUT2D eigenvalue weighted by molar-refractivity contribution is 0.102. The van der Waals surface area contributed by atoms with Gasteiger partial charge < -0.3 is 5.32 Å². The van der Waals surface area contributed by atoms with E-state index in [0.717, 1.165) is 16.6 Å². The summed E-state index contributed by atoms with van der Waals surface area (Å²) in [6, 6.07) is 14.3. The lowest BCUT2D eigenvalue weighted by atomic mass is 10.2. The van der Waals surface area contributed by atoms with Gasteiger partial charge >= 0.3 is 0 Å². The molecule has 29 heavy (non-hydrogen) atoms. The van der Waals surface area contributed by atoms with E-state index in [0.29, 0.717) is 12.2 Å². The van der Waals surface area contributed by atoms with Crippen molar-refractivity contribution in [1.82, 2.24) is 24.5 Å². The van der Waals surface area contributed by atoms with Gasteiger partial charge in [0, 0.05) is 17.5 Å². The predicted molar refractivity (Wildman–Crippen MR) is 110 cm³/mol. The zero-order valence-corrected chi connectivity index (χ0v) is 16.1. The summed E-state index contributed by atoms with van der Waals surface area (Å²) >= 11 is 0. The third kappa shape index (κ3) is 3.91. The Morgan fingerprint density at radius 3 is 2.66 bits per heavy atom. The molecule has 8 nitrogen and oxygen atoms in total. The Hall–Kier alpha value is -3.81. The van der Waals surface area contributed by atoms with Crippen LogP contribution in [0.5, 0.6) is 0 Å². The molecule has 1 N–H and O–H groups in total. The molecule has 0 spiro atoms. The normalized spacial score (nSPS) is 11.1. The van der Waals surface area contributed by atoms with Crippen LogP contribution in [-0.2, 0) is 6.54 Å². The minimum atomic E-state index is -0.413. The molecule has 0 bridgehead atoms. The first-order valence-electron chi connectivity index (χ1n) is 9.28. The van der Waals surface area contributed by atoms with Crippen molar-refractivity contribution < 1.29 is 4.79 Å². The predicted octanol–water partition coefficient (Wildman–Crippen LogP) is 2.87. The van der Waals surface area contributed by atoms with Gasteiger partial charge in [-0.2, -0.15) is 10.2 Å². The second-order valence-corrected chi connectivity index (χ2v) is 6.97. The molecule has 3 aromatic heterocycles. The van der Waals surface area contributed by atoms with E-state index in [4.69, 9.17) is 0 Å². The minimum Gasteiger partial charge on any atom is -0.319 e. The molecule has 0 aliphatic heterocycles. The van der Waals surface area contributed by atoms with E-state index in [1.807, 2.05) is 54.9 Å². The third-order valence-corrected chi connectivity index (χ3v) is 4.45. The van der Waals surface area contributed by atoms with E-state index in [9.17, 15) is 9.59 Å². The molecule has 0 aliphatic rings. The Morgan fingerprint density at radius 1 is 1.10 bits per heavy atom. The lowest BCUT2D eigenvalue weighted by Crippen LogP contribution is -2.26. The van der Waals surface area contributed by atoms with Crippen molar-refractivity contribution in [2.24, 2.45) is 0 Å². The monoisotopic (exact) mass is 388 g/mol. The second-order valence-electron chi connectivity index (χ2n) is 6.97. The Labute approximate surface area is 166 Å². The number of pyridine rings is 1. The average Bonchev–Trinajstić information content (AvgIpc) is 3.14. The highest BCUT2D eigenvalue weighted by atomic mass is 16.2. The van der Waals surface area contributed by atoms with Crippen LogP contribution in [0.15, 0.2) is 65.7 Å². The van der Waals surface area contributed by atoms with Gasteiger partial charge in [0.15, 0.2) is 5.65 Å². The summed E-state index contributed by atoms with van der Waals surface area (Å²) in [5.41, 5.74) is 2.10.